The number of carbonyl (C=O) groups is 4. The van der Waals surface area contributed by atoms with Crippen molar-refractivity contribution >= 4 is 47.0 Å². The second kappa shape index (κ2) is 27.5. The van der Waals surface area contributed by atoms with Gasteiger partial charge in [0.1, 0.15) is 103 Å². The highest BCUT2D eigenvalue weighted by molar-refractivity contribution is 5.91. The number of hydrogen-bond acceptors (Lipinski definition) is 28. The minimum atomic E-state index is -2.23. The Morgan fingerprint density at radius 2 is 1.16 bits per heavy atom. The Bertz CT molecular complexity index is 3240. The molecular formula is C55H57O30+. The first-order valence-corrected chi connectivity index (χ1v) is 25.4. The molecule has 30 nitrogen and oxygen atoms in total. The van der Waals surface area contributed by atoms with Crippen LogP contribution >= 0.6 is 0 Å². The lowest BCUT2D eigenvalue weighted by Crippen LogP contribution is -2.63. The van der Waals surface area contributed by atoms with Gasteiger partial charge in [-0.3, -0.25) is 9.59 Å². The summed E-state index contributed by atoms with van der Waals surface area (Å²) in [6.07, 6.45) is -26.5. The van der Waals surface area contributed by atoms with E-state index in [9.17, 15) is 85.6 Å². The van der Waals surface area contributed by atoms with Crippen molar-refractivity contribution in [2.45, 2.75) is 98.5 Å². The zero-order valence-electron chi connectivity index (χ0n) is 44.1. The van der Waals surface area contributed by atoms with E-state index in [0.717, 1.165) is 42.5 Å². The van der Waals surface area contributed by atoms with Gasteiger partial charge in [0.2, 0.25) is 24.6 Å². The van der Waals surface area contributed by atoms with Crippen molar-refractivity contribution in [2.75, 3.05) is 26.9 Å². The lowest BCUT2D eigenvalue weighted by molar-refractivity contribution is -0.467. The van der Waals surface area contributed by atoms with E-state index in [1.165, 1.54) is 67.8 Å². The number of rotatable bonds is 21. The SMILES string of the molecule is COc1cc(C=CC(=O)O[C@H]2[C@H](OO[C@H]3[C@H](Oc4cc5c(O[C@@H]6O[C@H](COC(=O)CC(=O)O)[C@@H](O)[C@H](O)[C@H]6O)cc(O)cc5[o+]c4-c4ccc(O)c(O)c4)O[C@H](COC(=O)C=Cc4ccc(O)cc4)[C@@H](O)[C@@H]3O)O[C@H](CO)[C@@H](O)[C@@H]2O)ccc1O. The van der Waals surface area contributed by atoms with Gasteiger partial charge in [-0.05, 0) is 59.7 Å². The van der Waals surface area contributed by atoms with Gasteiger partial charge in [0.05, 0.1) is 25.3 Å². The van der Waals surface area contributed by atoms with Crippen LogP contribution in [-0.2, 0) is 57.4 Å². The Balaban J connectivity index is 1.14. The molecule has 1 aromatic heterocycles. The summed E-state index contributed by atoms with van der Waals surface area (Å²) in [4.78, 5) is 60.6. The molecule has 0 spiro atoms. The van der Waals surface area contributed by atoms with Gasteiger partial charge in [0.25, 0.3) is 0 Å². The molecule has 0 amide bonds. The van der Waals surface area contributed by atoms with E-state index in [1.807, 2.05) is 0 Å². The zero-order valence-corrected chi connectivity index (χ0v) is 44.1. The Kier molecular flexibility index (Phi) is 20.2. The van der Waals surface area contributed by atoms with E-state index in [0.29, 0.717) is 11.1 Å². The first kappa shape index (κ1) is 62.6. The largest absolute Gasteiger partial charge is 0.508 e. The summed E-state index contributed by atoms with van der Waals surface area (Å²) >= 11 is 0. The van der Waals surface area contributed by atoms with Crippen LogP contribution in [0.4, 0.5) is 0 Å². The van der Waals surface area contributed by atoms with Crippen LogP contribution in [0, 0.1) is 0 Å². The number of carboxylic acid groups (broad SMARTS) is 1. The normalized spacial score (nSPS) is 27.8. The lowest BCUT2D eigenvalue weighted by atomic mass is 9.99. The summed E-state index contributed by atoms with van der Waals surface area (Å²) in [7, 11) is 1.29. The molecule has 3 fully saturated rings. The van der Waals surface area contributed by atoms with Crippen molar-refractivity contribution < 1.29 is 147 Å². The van der Waals surface area contributed by atoms with Crippen LogP contribution in [0.1, 0.15) is 17.5 Å². The summed E-state index contributed by atoms with van der Waals surface area (Å²) in [5.74, 6) is -8.43. The minimum Gasteiger partial charge on any atom is -0.508 e. The van der Waals surface area contributed by atoms with E-state index in [1.54, 1.807) is 0 Å². The van der Waals surface area contributed by atoms with Crippen LogP contribution in [0.2, 0.25) is 0 Å². The van der Waals surface area contributed by atoms with Crippen molar-refractivity contribution in [1.29, 1.82) is 0 Å². The molecule has 0 radical (unpaired) electrons. The first-order chi connectivity index (χ1) is 40.5. The molecule has 15 atom stereocenters. The van der Waals surface area contributed by atoms with E-state index >= 15 is 0 Å². The fraction of sp³-hybridized carbons (Fsp3) is 0.364. The van der Waals surface area contributed by atoms with Gasteiger partial charge in [-0.1, -0.05) is 18.2 Å². The van der Waals surface area contributed by atoms with Crippen molar-refractivity contribution in [3.05, 3.63) is 102 Å². The van der Waals surface area contributed by atoms with E-state index < -0.39 is 177 Å². The number of aromatic hydroxyl groups is 5. The Morgan fingerprint density at radius 3 is 1.86 bits per heavy atom. The summed E-state index contributed by atoms with van der Waals surface area (Å²) < 4.78 is 56.7. The van der Waals surface area contributed by atoms with Crippen LogP contribution in [-0.4, -0.2) is 214 Å². The maximum Gasteiger partial charge on any atom is 0.402 e. The number of carboxylic acids is 1. The molecule has 85 heavy (non-hydrogen) atoms. The van der Waals surface area contributed by atoms with E-state index in [-0.39, 0.29) is 33.8 Å². The number of methoxy groups -OCH3 is 1. The fourth-order valence-electron chi connectivity index (χ4n) is 8.69. The standard InChI is InChI=1S/C55H56O30/c1-74-34-14-24(4-10-30(34)60)6-13-41(65)83-51-47(71)43(67)36(20-56)80-55(51)85-84-52-48(72)45(69)38(21-75-40(64)12-5-23-2-8-26(57)9-3-23)82-54(52)79-35-18-28-32(77-50(35)25-7-11-29(59)31(61)15-25)16-27(58)17-33(28)78-53-49(73)46(70)44(68)37(81-53)22-76-42(66)19-39(62)63/h2-18,36-38,43-49,51-56,67-73H,19-22H2,1H3,(H5-,57,58,59,60,61,62,63,64,65)/p+1/t36-,37-,38-,43-,44-,45-,46+,47+,48+,49-,51-,52-,53-,54-,55+/m1/s1. The second-order valence-corrected chi connectivity index (χ2v) is 19.1. The molecule has 0 saturated carbocycles. The van der Waals surface area contributed by atoms with Crippen LogP contribution in [0.3, 0.4) is 0 Å². The highest BCUT2D eigenvalue weighted by Gasteiger charge is 2.52. The smallest absolute Gasteiger partial charge is 0.402 e. The number of carbonyl (C=O) groups excluding carboxylic acids is 3. The van der Waals surface area contributed by atoms with E-state index in [2.05, 4.69) is 0 Å². The molecule has 0 bridgehead atoms. The molecule has 4 aromatic carbocycles. The topological polar surface area (TPSA) is 464 Å². The maximum absolute atomic E-state index is 13.3. The molecule has 3 aliphatic heterocycles. The molecule has 14 N–H and O–H groups in total. The Morgan fingerprint density at radius 1 is 0.553 bits per heavy atom. The molecule has 5 aromatic rings. The summed E-state index contributed by atoms with van der Waals surface area (Å²) in [6.45, 7) is -2.64. The number of benzene rings is 4. The van der Waals surface area contributed by atoms with Gasteiger partial charge in [-0.25, -0.2) is 18.9 Å². The highest BCUT2D eigenvalue weighted by atomic mass is 17.2. The summed E-state index contributed by atoms with van der Waals surface area (Å²) in [5, 5.41) is 148. The number of esters is 3. The average Bonchev–Trinajstić information content (AvgIpc) is 2.20. The third-order valence-corrected chi connectivity index (χ3v) is 13.2. The van der Waals surface area contributed by atoms with E-state index in [4.69, 9.17) is 61.9 Å². The zero-order chi connectivity index (χ0) is 61.4. The molecule has 0 aliphatic carbocycles. The predicted molar refractivity (Wildman–Crippen MR) is 278 cm³/mol. The van der Waals surface area contributed by atoms with Crippen LogP contribution in [0.5, 0.6) is 46.0 Å². The quantitative estimate of drug-likeness (QED) is 0.00649. The van der Waals surface area contributed by atoms with Gasteiger partial charge in [-0.2, -0.15) is 4.89 Å². The number of aliphatic hydroxyl groups excluding tert-OH is 8. The Hall–Kier alpha value is -8.47. The number of aliphatic hydroxyl groups is 8. The van der Waals surface area contributed by atoms with Gasteiger partial charge in [-0.15, -0.1) is 0 Å². The average molecular weight is 1200 g/mol. The number of phenolic OH excluding ortho intramolecular Hbond substituents is 5. The number of hydrogen-bond donors (Lipinski definition) is 14. The minimum absolute atomic E-state index is 0.0484. The predicted octanol–water partition coefficient (Wildman–Crippen LogP) is -0.415. The number of aliphatic carboxylic acids is 1. The van der Waals surface area contributed by atoms with Gasteiger partial charge < -0.3 is 114 Å². The summed E-state index contributed by atoms with van der Waals surface area (Å²) in [6, 6.07) is 16.1. The first-order valence-electron chi connectivity index (χ1n) is 25.4. The third-order valence-electron chi connectivity index (χ3n) is 13.2. The number of ether oxygens (including phenoxy) is 9. The molecule has 3 saturated heterocycles. The number of fused-ring (bicyclic) bond motifs is 1. The maximum atomic E-state index is 13.3. The molecule has 456 valence electrons. The summed E-state index contributed by atoms with van der Waals surface area (Å²) in [5.41, 5.74) is 0.406. The number of phenols is 5. The van der Waals surface area contributed by atoms with Crippen molar-refractivity contribution in [3.63, 3.8) is 0 Å². The molecular weight excluding hydrogens is 1140 g/mol. The molecule has 30 heteroatoms. The van der Waals surface area contributed by atoms with Crippen LogP contribution in [0.25, 0.3) is 34.4 Å². The van der Waals surface area contributed by atoms with Gasteiger partial charge >= 0.3 is 35.2 Å². The highest BCUT2D eigenvalue weighted by Crippen LogP contribution is 2.44. The molecule has 3 aliphatic rings. The van der Waals surface area contributed by atoms with Crippen LogP contribution < -0.4 is 14.2 Å². The van der Waals surface area contributed by atoms with Crippen molar-refractivity contribution in [2.24, 2.45) is 0 Å². The van der Waals surface area contributed by atoms with Gasteiger partial charge in [0, 0.05) is 30.4 Å². The van der Waals surface area contributed by atoms with Crippen molar-refractivity contribution in [3.8, 4) is 57.3 Å². The Labute approximate surface area is 478 Å². The second-order valence-electron chi connectivity index (χ2n) is 19.1. The lowest BCUT2D eigenvalue weighted by Gasteiger charge is -2.43. The van der Waals surface area contributed by atoms with Gasteiger partial charge in [0.15, 0.2) is 35.2 Å². The van der Waals surface area contributed by atoms with Crippen LogP contribution in [0.15, 0.2) is 95.4 Å². The monoisotopic (exact) mass is 1200 g/mol. The molecule has 4 heterocycles. The molecule has 0 unspecified atom stereocenters. The van der Waals surface area contributed by atoms with Crippen molar-refractivity contribution in [1.82, 2.24) is 0 Å². The fourth-order valence-corrected chi connectivity index (χ4v) is 8.69. The molecule has 8 rings (SSSR count). The third kappa shape index (κ3) is 15.1.